The standard InChI is InChI=1S/C15H14N5O2/c1-18-13-12(14(21)19(2)15(18)22)20(9-17-13)8-11-6-4-3-5-10(11)7-16/h3-6,9,12H,8H2,1-2H3/q+1. The first-order valence-corrected chi connectivity index (χ1v) is 6.74. The third kappa shape index (κ3) is 1.97. The lowest BCUT2D eigenvalue weighted by atomic mass is 10.1. The van der Waals surface area contributed by atoms with Gasteiger partial charge < -0.3 is 0 Å². The van der Waals surface area contributed by atoms with Crippen molar-refractivity contribution >= 4 is 24.1 Å². The summed E-state index contributed by atoms with van der Waals surface area (Å²) in [7, 11) is 3.05. The zero-order valence-corrected chi connectivity index (χ0v) is 12.2. The van der Waals surface area contributed by atoms with E-state index in [0.717, 1.165) is 10.5 Å². The van der Waals surface area contributed by atoms with Gasteiger partial charge in [0.2, 0.25) is 0 Å². The van der Waals surface area contributed by atoms with Crippen LogP contribution in [0.4, 0.5) is 4.79 Å². The van der Waals surface area contributed by atoms with E-state index in [2.05, 4.69) is 11.1 Å². The molecule has 110 valence electrons. The van der Waals surface area contributed by atoms with E-state index in [1.54, 1.807) is 30.1 Å². The van der Waals surface area contributed by atoms with Gasteiger partial charge in [-0.15, -0.1) is 0 Å². The summed E-state index contributed by atoms with van der Waals surface area (Å²) in [4.78, 5) is 31.0. The van der Waals surface area contributed by atoms with Crippen molar-refractivity contribution in [3.8, 4) is 6.07 Å². The van der Waals surface area contributed by atoms with Gasteiger partial charge in [-0.25, -0.2) is 9.37 Å². The van der Waals surface area contributed by atoms with Crippen LogP contribution in [0.2, 0.25) is 0 Å². The Morgan fingerprint density at radius 2 is 2.00 bits per heavy atom. The Bertz CT molecular complexity index is 774. The van der Waals surface area contributed by atoms with Gasteiger partial charge in [0, 0.05) is 19.7 Å². The maximum Gasteiger partial charge on any atom is 0.333 e. The minimum atomic E-state index is -0.626. The molecule has 1 aromatic carbocycles. The number of amides is 3. The fourth-order valence-electron chi connectivity index (χ4n) is 2.64. The average Bonchev–Trinajstić information content (AvgIpc) is 2.95. The molecule has 1 aromatic rings. The molecule has 0 saturated carbocycles. The molecule has 1 atom stereocenters. The van der Waals surface area contributed by atoms with E-state index in [1.807, 2.05) is 12.1 Å². The number of rotatable bonds is 2. The molecule has 1 fully saturated rings. The van der Waals surface area contributed by atoms with Crippen molar-refractivity contribution in [1.29, 1.82) is 5.26 Å². The van der Waals surface area contributed by atoms with Crippen molar-refractivity contribution in [3.05, 3.63) is 35.4 Å². The number of likely N-dealkylation sites (N-methyl/N-ethyl adjacent to an activating group) is 2. The quantitative estimate of drug-likeness (QED) is 0.741. The molecule has 7 nitrogen and oxygen atoms in total. The van der Waals surface area contributed by atoms with Crippen LogP contribution in [0.1, 0.15) is 11.1 Å². The summed E-state index contributed by atoms with van der Waals surface area (Å²) in [6.45, 7) is 0.378. The van der Waals surface area contributed by atoms with Crippen molar-refractivity contribution < 1.29 is 14.2 Å². The molecule has 7 heteroatoms. The Balaban J connectivity index is 1.91. The van der Waals surface area contributed by atoms with Crippen LogP contribution in [0, 0.1) is 11.3 Å². The lowest BCUT2D eigenvalue weighted by Crippen LogP contribution is -2.61. The summed E-state index contributed by atoms with van der Waals surface area (Å²) < 4.78 is 1.74. The number of carbonyl (C=O) groups is 2. The molecule has 0 bridgehead atoms. The summed E-state index contributed by atoms with van der Waals surface area (Å²) in [6, 6.07) is 8.34. The number of amidine groups is 1. The minimum absolute atomic E-state index is 0.315. The lowest BCUT2D eigenvalue weighted by molar-refractivity contribution is -0.547. The molecule has 1 saturated heterocycles. The fourth-order valence-corrected chi connectivity index (χ4v) is 2.64. The summed E-state index contributed by atoms with van der Waals surface area (Å²) in [5.74, 6) is 0.104. The van der Waals surface area contributed by atoms with Gasteiger partial charge >= 0.3 is 6.03 Å². The molecule has 1 unspecified atom stereocenters. The van der Waals surface area contributed by atoms with Crippen LogP contribution < -0.4 is 0 Å². The van der Waals surface area contributed by atoms with Gasteiger partial charge in [-0.3, -0.25) is 14.6 Å². The number of carbonyl (C=O) groups excluding carboxylic acids is 2. The van der Waals surface area contributed by atoms with Crippen LogP contribution in [-0.2, 0) is 11.3 Å². The molecule has 22 heavy (non-hydrogen) atoms. The van der Waals surface area contributed by atoms with E-state index in [4.69, 9.17) is 5.26 Å². The topological polar surface area (TPSA) is 79.8 Å². The number of hydrogen-bond acceptors (Lipinski definition) is 4. The second-order valence-corrected chi connectivity index (χ2v) is 5.19. The van der Waals surface area contributed by atoms with E-state index in [1.165, 1.54) is 11.9 Å². The number of fused-ring (bicyclic) bond motifs is 1. The van der Waals surface area contributed by atoms with Gasteiger partial charge in [0.05, 0.1) is 11.6 Å². The number of nitriles is 1. The van der Waals surface area contributed by atoms with Crippen LogP contribution in [-0.4, -0.2) is 58.6 Å². The first-order valence-electron chi connectivity index (χ1n) is 6.74. The first-order chi connectivity index (χ1) is 10.5. The van der Waals surface area contributed by atoms with Crippen molar-refractivity contribution in [2.75, 3.05) is 14.1 Å². The van der Waals surface area contributed by atoms with Crippen LogP contribution in [0.5, 0.6) is 0 Å². The highest BCUT2D eigenvalue weighted by Crippen LogP contribution is 2.19. The SMILES string of the molecule is CN1C(=O)C2C(=NC=[N+]2Cc2ccccc2C#N)N(C)C1=O. The van der Waals surface area contributed by atoms with E-state index < -0.39 is 12.1 Å². The second kappa shape index (κ2) is 5.07. The Morgan fingerprint density at radius 3 is 2.73 bits per heavy atom. The fraction of sp³-hybridized carbons (Fsp3) is 0.267. The van der Waals surface area contributed by atoms with Crippen LogP contribution in [0.15, 0.2) is 29.3 Å². The highest BCUT2D eigenvalue weighted by Gasteiger charge is 2.50. The Kier molecular flexibility index (Phi) is 3.22. The highest BCUT2D eigenvalue weighted by molar-refractivity contribution is 6.21. The number of nitrogens with zero attached hydrogens (tertiary/aromatic N) is 5. The molecule has 3 rings (SSSR count). The van der Waals surface area contributed by atoms with Gasteiger partial charge in [0.1, 0.15) is 6.54 Å². The van der Waals surface area contributed by atoms with Gasteiger partial charge in [-0.05, 0) is 11.1 Å². The Labute approximate surface area is 127 Å². The van der Waals surface area contributed by atoms with E-state index in [-0.39, 0.29) is 5.91 Å². The van der Waals surface area contributed by atoms with Crippen molar-refractivity contribution in [2.24, 2.45) is 4.99 Å². The highest BCUT2D eigenvalue weighted by atomic mass is 16.2. The maximum absolute atomic E-state index is 12.4. The third-order valence-corrected chi connectivity index (χ3v) is 3.89. The smallest absolute Gasteiger partial charge is 0.269 e. The normalized spacial score (nSPS) is 20.5. The monoisotopic (exact) mass is 296 g/mol. The van der Waals surface area contributed by atoms with Crippen LogP contribution in [0.25, 0.3) is 0 Å². The number of benzene rings is 1. The van der Waals surface area contributed by atoms with Crippen LogP contribution in [0.3, 0.4) is 0 Å². The second-order valence-electron chi connectivity index (χ2n) is 5.19. The van der Waals surface area contributed by atoms with Gasteiger partial charge in [-0.2, -0.15) is 5.26 Å². The summed E-state index contributed by atoms with van der Waals surface area (Å²) in [6.07, 6.45) is 1.55. The van der Waals surface area contributed by atoms with Crippen LogP contribution >= 0.6 is 0 Å². The summed E-state index contributed by atoms with van der Waals surface area (Å²) in [5.41, 5.74) is 1.37. The molecule has 2 aliphatic heterocycles. The van der Waals surface area contributed by atoms with Crippen molar-refractivity contribution in [1.82, 2.24) is 9.80 Å². The number of urea groups is 1. The lowest BCUT2D eigenvalue weighted by Gasteiger charge is -2.30. The number of hydrogen-bond donors (Lipinski definition) is 0. The molecule has 0 aliphatic carbocycles. The molecular weight excluding hydrogens is 282 g/mol. The minimum Gasteiger partial charge on any atom is -0.269 e. The molecule has 0 spiro atoms. The molecule has 2 aliphatic rings. The largest absolute Gasteiger partial charge is 0.333 e. The predicted octanol–water partition coefficient (Wildman–Crippen LogP) is 0.404. The van der Waals surface area contributed by atoms with E-state index in [9.17, 15) is 9.59 Å². The number of imide groups is 1. The molecular formula is C15H14N5O2+. The molecule has 0 aromatic heterocycles. The predicted molar refractivity (Wildman–Crippen MR) is 78.3 cm³/mol. The van der Waals surface area contributed by atoms with E-state index in [0.29, 0.717) is 17.9 Å². The summed E-state index contributed by atoms with van der Waals surface area (Å²) in [5, 5.41) is 9.16. The average molecular weight is 296 g/mol. The molecule has 3 amide bonds. The van der Waals surface area contributed by atoms with Crippen molar-refractivity contribution in [2.45, 2.75) is 12.6 Å². The molecule has 0 N–H and O–H groups in total. The number of aliphatic imine (C=N–C) groups is 1. The maximum atomic E-state index is 12.4. The molecule has 2 heterocycles. The van der Waals surface area contributed by atoms with Gasteiger partial charge in [-0.1, -0.05) is 18.2 Å². The van der Waals surface area contributed by atoms with E-state index >= 15 is 0 Å². The molecule has 0 radical (unpaired) electrons. The first kappa shape index (κ1) is 13.9. The van der Waals surface area contributed by atoms with Gasteiger partial charge in [0.25, 0.3) is 24.1 Å². The third-order valence-electron chi connectivity index (χ3n) is 3.89. The van der Waals surface area contributed by atoms with Crippen molar-refractivity contribution in [3.63, 3.8) is 0 Å². The Morgan fingerprint density at radius 1 is 1.27 bits per heavy atom. The zero-order valence-electron chi connectivity index (χ0n) is 12.2. The van der Waals surface area contributed by atoms with Gasteiger partial charge in [0.15, 0.2) is 0 Å². The Hall–Kier alpha value is -3.01. The zero-order chi connectivity index (χ0) is 15.9. The summed E-state index contributed by atoms with van der Waals surface area (Å²) >= 11 is 0.